The van der Waals surface area contributed by atoms with Crippen LogP contribution in [0.1, 0.15) is 0 Å². The van der Waals surface area contributed by atoms with E-state index < -0.39 is 0 Å². The van der Waals surface area contributed by atoms with Crippen molar-refractivity contribution in [1.29, 1.82) is 0 Å². The van der Waals surface area contributed by atoms with Crippen LogP contribution in [0.2, 0.25) is 0 Å². The number of benzene rings is 6. The predicted molar refractivity (Wildman–Crippen MR) is 160 cm³/mol. The zero-order valence-electron chi connectivity index (χ0n) is 20.8. The van der Waals surface area contributed by atoms with Crippen LogP contribution in [-0.2, 0) is 0 Å². The van der Waals surface area contributed by atoms with Gasteiger partial charge in [-0.25, -0.2) is 0 Å². The Kier molecular flexibility index (Phi) is 5.30. The fourth-order valence-corrected chi connectivity index (χ4v) is 5.39. The number of hydrogen-bond donors (Lipinski definition) is 1. The number of fused-ring (bicyclic) bond motifs is 3. The summed E-state index contributed by atoms with van der Waals surface area (Å²) in [4.78, 5) is 0. The number of hydrogen-bond acceptors (Lipinski definition) is 2. The molecule has 0 atom stereocenters. The molecule has 0 amide bonds. The number of furan rings is 1. The molecule has 7 rings (SSSR count). The van der Waals surface area contributed by atoms with E-state index in [1.165, 1.54) is 22.3 Å². The van der Waals surface area contributed by atoms with Crippen LogP contribution in [0.3, 0.4) is 0 Å². The first-order valence-corrected chi connectivity index (χ1v) is 12.8. The molecule has 0 fully saturated rings. The summed E-state index contributed by atoms with van der Waals surface area (Å²) in [5, 5.41) is 2.12. The van der Waals surface area contributed by atoms with Crippen molar-refractivity contribution >= 4 is 27.6 Å². The molecule has 7 aromatic rings. The van der Waals surface area contributed by atoms with Gasteiger partial charge in [-0.15, -0.1) is 0 Å². The molecule has 1 aromatic heterocycles. The molecule has 2 heteroatoms. The summed E-state index contributed by atoms with van der Waals surface area (Å²) in [6.07, 6.45) is 0. The average molecular weight is 488 g/mol. The van der Waals surface area contributed by atoms with Gasteiger partial charge in [-0.05, 0) is 51.1 Å². The molecule has 0 aliphatic heterocycles. The average Bonchev–Trinajstić information content (AvgIpc) is 3.39. The van der Waals surface area contributed by atoms with Crippen LogP contribution in [0.5, 0.6) is 0 Å². The zero-order chi connectivity index (χ0) is 25.5. The lowest BCUT2D eigenvalue weighted by Crippen LogP contribution is -1.93. The molecule has 2 nitrogen and oxygen atoms in total. The fraction of sp³-hybridized carbons (Fsp3) is 0. The van der Waals surface area contributed by atoms with Gasteiger partial charge in [-0.1, -0.05) is 127 Å². The highest BCUT2D eigenvalue weighted by molar-refractivity contribution is 6.19. The number of para-hydroxylation sites is 1. The van der Waals surface area contributed by atoms with E-state index in [1.807, 2.05) is 24.3 Å². The smallest absolute Gasteiger partial charge is 0.158 e. The van der Waals surface area contributed by atoms with E-state index in [2.05, 4.69) is 115 Å². The highest BCUT2D eigenvalue weighted by atomic mass is 16.3. The first-order chi connectivity index (χ1) is 18.8. The highest BCUT2D eigenvalue weighted by Crippen LogP contribution is 2.45. The third-order valence-corrected chi connectivity index (χ3v) is 7.26. The number of anilines is 1. The Morgan fingerprint density at radius 2 is 0.921 bits per heavy atom. The topological polar surface area (TPSA) is 39.2 Å². The molecule has 0 saturated carbocycles. The maximum atomic E-state index is 6.63. The summed E-state index contributed by atoms with van der Waals surface area (Å²) >= 11 is 0. The Labute approximate surface area is 221 Å². The predicted octanol–water partition coefficient (Wildman–Crippen LogP) is 9.84. The van der Waals surface area contributed by atoms with Crippen LogP contribution in [0, 0.1) is 0 Å². The van der Waals surface area contributed by atoms with Gasteiger partial charge in [-0.3, -0.25) is 0 Å². The summed E-state index contributed by atoms with van der Waals surface area (Å²) in [5.41, 5.74) is 18.1. The summed E-state index contributed by atoms with van der Waals surface area (Å²) in [6, 6.07) is 48.7. The second kappa shape index (κ2) is 9.10. The van der Waals surface area contributed by atoms with Crippen LogP contribution in [0.15, 0.2) is 144 Å². The van der Waals surface area contributed by atoms with Crippen molar-refractivity contribution in [3.8, 4) is 44.5 Å². The van der Waals surface area contributed by atoms with E-state index in [9.17, 15) is 0 Å². The van der Waals surface area contributed by atoms with Crippen LogP contribution in [0.25, 0.3) is 66.4 Å². The second-order valence-corrected chi connectivity index (χ2v) is 9.58. The van der Waals surface area contributed by atoms with Gasteiger partial charge >= 0.3 is 0 Å². The molecule has 0 unspecified atom stereocenters. The van der Waals surface area contributed by atoms with Gasteiger partial charge in [0.25, 0.3) is 0 Å². The number of rotatable bonds is 4. The molecule has 0 radical (unpaired) electrons. The van der Waals surface area contributed by atoms with Crippen LogP contribution in [-0.4, -0.2) is 0 Å². The molecule has 180 valence electrons. The van der Waals surface area contributed by atoms with E-state index >= 15 is 0 Å². The second-order valence-electron chi connectivity index (χ2n) is 9.58. The lowest BCUT2D eigenvalue weighted by molar-refractivity contribution is 0.670. The van der Waals surface area contributed by atoms with Gasteiger partial charge in [0.1, 0.15) is 5.58 Å². The lowest BCUT2D eigenvalue weighted by atomic mass is 9.88. The van der Waals surface area contributed by atoms with Gasteiger partial charge in [0.2, 0.25) is 0 Å². The van der Waals surface area contributed by atoms with Gasteiger partial charge in [0.15, 0.2) is 5.58 Å². The van der Waals surface area contributed by atoms with Crippen molar-refractivity contribution in [2.24, 2.45) is 0 Å². The molecule has 2 N–H and O–H groups in total. The molecular formula is C36H25NO. The normalized spacial score (nSPS) is 11.3. The van der Waals surface area contributed by atoms with Gasteiger partial charge in [-0.2, -0.15) is 0 Å². The molecule has 6 aromatic carbocycles. The Morgan fingerprint density at radius 3 is 1.53 bits per heavy atom. The van der Waals surface area contributed by atoms with Gasteiger partial charge < -0.3 is 10.2 Å². The first-order valence-electron chi connectivity index (χ1n) is 12.8. The first kappa shape index (κ1) is 22.1. The van der Waals surface area contributed by atoms with E-state index in [0.29, 0.717) is 5.69 Å². The Bertz CT molecular complexity index is 1880. The molecule has 0 bridgehead atoms. The summed E-state index contributed by atoms with van der Waals surface area (Å²) < 4.78 is 6.28. The van der Waals surface area contributed by atoms with Crippen molar-refractivity contribution in [2.45, 2.75) is 0 Å². The molecule has 0 saturated heterocycles. The van der Waals surface area contributed by atoms with Crippen LogP contribution < -0.4 is 5.73 Å². The van der Waals surface area contributed by atoms with E-state index in [-0.39, 0.29) is 0 Å². The summed E-state index contributed by atoms with van der Waals surface area (Å²) in [7, 11) is 0. The molecular weight excluding hydrogens is 462 g/mol. The largest absolute Gasteiger partial charge is 0.454 e. The van der Waals surface area contributed by atoms with Crippen LogP contribution >= 0.6 is 0 Å². The Morgan fingerprint density at radius 1 is 0.447 bits per heavy atom. The maximum Gasteiger partial charge on any atom is 0.158 e. The summed E-state index contributed by atoms with van der Waals surface area (Å²) in [5.74, 6) is 0. The summed E-state index contributed by atoms with van der Waals surface area (Å²) in [6.45, 7) is 0. The monoisotopic (exact) mass is 487 g/mol. The minimum Gasteiger partial charge on any atom is -0.454 e. The Balaban J connectivity index is 1.45. The third kappa shape index (κ3) is 3.75. The molecule has 0 aliphatic carbocycles. The minimum absolute atomic E-state index is 0.642. The van der Waals surface area contributed by atoms with Gasteiger partial charge in [0.05, 0.1) is 5.69 Å². The van der Waals surface area contributed by atoms with Crippen molar-refractivity contribution in [3.05, 3.63) is 140 Å². The van der Waals surface area contributed by atoms with Crippen molar-refractivity contribution in [3.63, 3.8) is 0 Å². The van der Waals surface area contributed by atoms with Crippen molar-refractivity contribution in [2.75, 3.05) is 5.73 Å². The SMILES string of the molecule is Nc1cc(-c2ccc(-c3ccccc3)cc2)c(-c2ccc(-c3ccccc3)cc2)c2c1oc1ccccc12. The van der Waals surface area contributed by atoms with Crippen LogP contribution in [0.4, 0.5) is 5.69 Å². The number of nitrogens with two attached hydrogens (primary N) is 1. The van der Waals surface area contributed by atoms with Gasteiger partial charge in [0, 0.05) is 16.3 Å². The van der Waals surface area contributed by atoms with E-state index in [4.69, 9.17) is 10.2 Å². The number of nitrogen functional groups attached to an aromatic ring is 1. The quantitative estimate of drug-likeness (QED) is 0.251. The molecule has 0 aliphatic rings. The standard InChI is InChI=1S/C36H25NO/c37-32-23-31(28-19-15-26(16-20-28)24-9-3-1-4-10-24)34(35-30-13-7-8-14-33(30)38-36(32)35)29-21-17-27(18-22-29)25-11-5-2-6-12-25/h1-23H,37H2. The maximum absolute atomic E-state index is 6.63. The Hall–Kier alpha value is -5.08. The third-order valence-electron chi connectivity index (χ3n) is 7.26. The fourth-order valence-electron chi connectivity index (χ4n) is 5.39. The van der Waals surface area contributed by atoms with Crippen molar-refractivity contribution < 1.29 is 4.42 Å². The highest BCUT2D eigenvalue weighted by Gasteiger charge is 2.20. The molecule has 0 spiro atoms. The molecule has 38 heavy (non-hydrogen) atoms. The van der Waals surface area contributed by atoms with Crippen molar-refractivity contribution in [1.82, 2.24) is 0 Å². The minimum atomic E-state index is 0.642. The van der Waals surface area contributed by atoms with E-state index in [1.54, 1.807) is 0 Å². The lowest BCUT2D eigenvalue weighted by Gasteiger charge is -2.15. The molecule has 1 heterocycles. The van der Waals surface area contributed by atoms with E-state index in [0.717, 1.165) is 44.2 Å². The zero-order valence-corrected chi connectivity index (χ0v) is 20.8.